The predicted octanol–water partition coefficient (Wildman–Crippen LogP) is 0.183. The van der Waals surface area contributed by atoms with E-state index in [-0.39, 0.29) is 24.7 Å². The summed E-state index contributed by atoms with van der Waals surface area (Å²) < 4.78 is 27.5. The van der Waals surface area contributed by atoms with Gasteiger partial charge in [-0.25, -0.2) is 8.42 Å². The summed E-state index contributed by atoms with van der Waals surface area (Å²) in [5, 5.41) is 13.6. The Bertz CT molecular complexity index is 707. The van der Waals surface area contributed by atoms with Crippen molar-refractivity contribution >= 4 is 15.7 Å². The van der Waals surface area contributed by atoms with Crippen molar-refractivity contribution in [3.63, 3.8) is 0 Å². The summed E-state index contributed by atoms with van der Waals surface area (Å²) >= 11 is 0. The molecule has 2 rings (SSSR count). The van der Waals surface area contributed by atoms with Gasteiger partial charge in [0.15, 0.2) is 5.60 Å². The Hall–Kier alpha value is -1.64. The van der Waals surface area contributed by atoms with Gasteiger partial charge in [-0.1, -0.05) is 12.1 Å². The molecule has 0 saturated carbocycles. The van der Waals surface area contributed by atoms with Crippen molar-refractivity contribution in [3.8, 4) is 5.75 Å². The second-order valence-corrected chi connectivity index (χ2v) is 8.78. The Kier molecular flexibility index (Phi) is 6.42. The van der Waals surface area contributed by atoms with Gasteiger partial charge in [0.1, 0.15) is 15.6 Å². The minimum atomic E-state index is -3.07. The third-order valence-corrected chi connectivity index (χ3v) is 5.22. The van der Waals surface area contributed by atoms with Gasteiger partial charge in [0.25, 0.3) is 5.91 Å². The molecular weight excluding hydrogens is 344 g/mol. The van der Waals surface area contributed by atoms with Crippen molar-refractivity contribution < 1.29 is 23.1 Å². The smallest absolute Gasteiger partial charge is 0.256 e. The first-order valence-electron chi connectivity index (χ1n) is 8.27. The van der Waals surface area contributed by atoms with Crippen LogP contribution in [0, 0.1) is 0 Å². The van der Waals surface area contributed by atoms with E-state index >= 15 is 0 Å². The maximum absolute atomic E-state index is 12.7. The van der Waals surface area contributed by atoms with Crippen LogP contribution >= 0.6 is 0 Å². The molecule has 0 bridgehead atoms. The first-order chi connectivity index (χ1) is 11.7. The van der Waals surface area contributed by atoms with Crippen molar-refractivity contribution in [2.24, 2.45) is 0 Å². The maximum atomic E-state index is 12.7. The van der Waals surface area contributed by atoms with Crippen LogP contribution in [0.4, 0.5) is 0 Å². The number of hydrogen-bond acceptors (Lipinski definition) is 6. The van der Waals surface area contributed by atoms with Crippen LogP contribution < -0.4 is 10.1 Å². The molecule has 1 aliphatic rings. The molecule has 1 heterocycles. The monoisotopic (exact) mass is 370 g/mol. The molecule has 1 amide bonds. The van der Waals surface area contributed by atoms with Gasteiger partial charge in [0.05, 0.1) is 12.9 Å². The normalized spacial score (nSPS) is 21.4. The van der Waals surface area contributed by atoms with Crippen LogP contribution in [0.2, 0.25) is 0 Å². The van der Waals surface area contributed by atoms with E-state index in [0.717, 1.165) is 17.6 Å². The third-order valence-electron chi connectivity index (χ3n) is 4.28. The first kappa shape index (κ1) is 19.7. The van der Waals surface area contributed by atoms with Crippen molar-refractivity contribution in [1.29, 1.82) is 0 Å². The van der Waals surface area contributed by atoms with E-state index in [9.17, 15) is 18.3 Å². The molecule has 0 aliphatic carbocycles. The van der Waals surface area contributed by atoms with Crippen LogP contribution in [0.5, 0.6) is 5.75 Å². The van der Waals surface area contributed by atoms with Gasteiger partial charge in [-0.15, -0.1) is 0 Å². The largest absolute Gasteiger partial charge is 0.497 e. The Labute approximate surface area is 148 Å². The minimum Gasteiger partial charge on any atom is -0.497 e. The second-order valence-electron chi connectivity index (χ2n) is 6.52. The number of carbonyl (C=O) groups excluding carboxylic acids is 1. The Balaban J connectivity index is 1.96. The molecule has 8 heteroatoms. The molecule has 2 N–H and O–H groups in total. The van der Waals surface area contributed by atoms with Crippen LogP contribution in [0.3, 0.4) is 0 Å². The summed E-state index contributed by atoms with van der Waals surface area (Å²) in [4.78, 5) is 14.3. The molecular formula is C17H26N2O5S. The number of benzene rings is 1. The van der Waals surface area contributed by atoms with E-state index in [2.05, 4.69) is 5.32 Å². The average Bonchev–Trinajstić information content (AvgIpc) is 2.56. The summed E-state index contributed by atoms with van der Waals surface area (Å²) in [5.74, 6) is 0.373. The van der Waals surface area contributed by atoms with Gasteiger partial charge in [0.2, 0.25) is 0 Å². The number of nitrogens with one attached hydrogen (secondary N) is 1. The molecule has 0 radical (unpaired) electrons. The number of piperidine rings is 1. The van der Waals surface area contributed by atoms with E-state index in [0.29, 0.717) is 25.9 Å². The van der Waals surface area contributed by atoms with Crippen molar-refractivity contribution in [2.75, 3.05) is 38.8 Å². The first-order valence-corrected chi connectivity index (χ1v) is 10.3. The molecule has 0 aromatic heterocycles. The van der Waals surface area contributed by atoms with E-state index in [1.807, 2.05) is 24.3 Å². The van der Waals surface area contributed by atoms with E-state index in [1.54, 1.807) is 12.0 Å². The number of likely N-dealkylation sites (tertiary alicyclic amines) is 1. The van der Waals surface area contributed by atoms with Crippen LogP contribution in [0.15, 0.2) is 24.3 Å². The Morgan fingerprint density at radius 1 is 1.40 bits per heavy atom. The number of methoxy groups -OCH3 is 1. The highest BCUT2D eigenvalue weighted by Gasteiger charge is 2.41. The van der Waals surface area contributed by atoms with Gasteiger partial charge in [0, 0.05) is 32.4 Å². The van der Waals surface area contributed by atoms with Crippen LogP contribution in [0.1, 0.15) is 18.4 Å². The number of ether oxygens (including phenoxy) is 1. The fourth-order valence-electron chi connectivity index (χ4n) is 2.92. The lowest BCUT2D eigenvalue weighted by atomic mass is 9.91. The predicted molar refractivity (Wildman–Crippen MR) is 95.2 cm³/mol. The van der Waals surface area contributed by atoms with Gasteiger partial charge in [-0.2, -0.15) is 0 Å². The molecule has 1 aromatic carbocycles. The van der Waals surface area contributed by atoms with Gasteiger partial charge in [-0.3, -0.25) is 4.79 Å². The number of sulfone groups is 1. The second kappa shape index (κ2) is 8.16. The Morgan fingerprint density at radius 2 is 2.16 bits per heavy atom. The number of nitrogens with zero attached hydrogens (tertiary/aromatic N) is 1. The highest BCUT2D eigenvalue weighted by molar-refractivity contribution is 7.90. The number of hydrogen-bond donors (Lipinski definition) is 2. The molecule has 7 nitrogen and oxygen atoms in total. The number of aliphatic hydroxyl groups is 1. The zero-order chi connectivity index (χ0) is 18.5. The highest BCUT2D eigenvalue weighted by Crippen LogP contribution is 2.24. The molecule has 1 unspecified atom stereocenters. The van der Waals surface area contributed by atoms with Crippen molar-refractivity contribution in [2.45, 2.75) is 25.0 Å². The average molecular weight is 370 g/mol. The molecule has 1 aromatic rings. The molecule has 0 spiro atoms. The molecule has 1 fully saturated rings. The van der Waals surface area contributed by atoms with Gasteiger partial charge in [-0.05, 0) is 30.5 Å². The van der Waals surface area contributed by atoms with Gasteiger partial charge < -0.3 is 20.1 Å². The number of amides is 1. The van der Waals surface area contributed by atoms with Crippen molar-refractivity contribution in [3.05, 3.63) is 29.8 Å². The van der Waals surface area contributed by atoms with E-state index < -0.39 is 15.4 Å². The zero-order valence-electron chi connectivity index (χ0n) is 14.7. The summed E-state index contributed by atoms with van der Waals surface area (Å²) in [5.41, 5.74) is -0.559. The fraction of sp³-hybridized carbons (Fsp3) is 0.588. The standard InChI is InChI=1S/C17H26N2O5S/c1-24-15-6-3-5-14(11-15)12-19-9-4-7-17(21,16(19)20)13-18-8-10-25(2,22)23/h3,5-6,11,18,21H,4,7-10,12-13H2,1-2H3. The Morgan fingerprint density at radius 3 is 2.84 bits per heavy atom. The van der Waals surface area contributed by atoms with E-state index in [4.69, 9.17) is 4.74 Å². The summed E-state index contributed by atoms with van der Waals surface area (Å²) in [7, 11) is -1.48. The molecule has 1 aliphatic heterocycles. The van der Waals surface area contributed by atoms with Crippen molar-refractivity contribution in [1.82, 2.24) is 10.2 Å². The molecule has 1 atom stereocenters. The molecule has 1 saturated heterocycles. The van der Waals surface area contributed by atoms with Crippen LogP contribution in [0.25, 0.3) is 0 Å². The lowest BCUT2D eigenvalue weighted by Crippen LogP contribution is -2.58. The third kappa shape index (κ3) is 5.69. The lowest BCUT2D eigenvalue weighted by Gasteiger charge is -2.38. The van der Waals surface area contributed by atoms with Gasteiger partial charge >= 0.3 is 0 Å². The highest BCUT2D eigenvalue weighted by atomic mass is 32.2. The summed E-state index contributed by atoms with van der Waals surface area (Å²) in [6.07, 6.45) is 2.22. The number of carbonyl (C=O) groups is 1. The maximum Gasteiger partial charge on any atom is 0.256 e. The lowest BCUT2D eigenvalue weighted by molar-refractivity contribution is -0.157. The topological polar surface area (TPSA) is 95.9 Å². The van der Waals surface area contributed by atoms with Crippen LogP contribution in [-0.2, 0) is 21.2 Å². The quantitative estimate of drug-likeness (QED) is 0.634. The molecule has 140 valence electrons. The minimum absolute atomic E-state index is 0.0230. The SMILES string of the molecule is COc1cccc(CN2CCCC(O)(CNCCS(C)(=O)=O)C2=O)c1. The summed E-state index contributed by atoms with van der Waals surface area (Å²) in [6, 6.07) is 7.48. The summed E-state index contributed by atoms with van der Waals surface area (Å²) in [6.45, 7) is 1.25. The zero-order valence-corrected chi connectivity index (χ0v) is 15.5. The van der Waals surface area contributed by atoms with E-state index in [1.165, 1.54) is 0 Å². The number of rotatable bonds is 8. The molecule has 25 heavy (non-hydrogen) atoms. The fourth-order valence-corrected chi connectivity index (χ4v) is 3.44. The van der Waals surface area contributed by atoms with Crippen LogP contribution in [-0.4, -0.2) is 68.7 Å².